The molecule has 2 heterocycles. The molecule has 0 spiro atoms. The molecule has 1 aromatic carbocycles. The lowest BCUT2D eigenvalue weighted by Crippen LogP contribution is -2.30. The van der Waals surface area contributed by atoms with Crippen LogP contribution in [-0.2, 0) is 0 Å². The van der Waals surface area contributed by atoms with Gasteiger partial charge in [0, 0.05) is 31.4 Å². The zero-order chi connectivity index (χ0) is 15.5. The van der Waals surface area contributed by atoms with Crippen molar-refractivity contribution >= 4 is 17.5 Å². The van der Waals surface area contributed by atoms with Gasteiger partial charge in [0.1, 0.15) is 0 Å². The van der Waals surface area contributed by atoms with E-state index in [9.17, 15) is 4.79 Å². The molecule has 1 amide bonds. The number of hydrogen-bond acceptors (Lipinski definition) is 3. The molecule has 0 saturated carbocycles. The van der Waals surface area contributed by atoms with Gasteiger partial charge in [-0.05, 0) is 24.1 Å². The summed E-state index contributed by atoms with van der Waals surface area (Å²) in [6.45, 7) is 1.89. The fourth-order valence-corrected chi connectivity index (χ4v) is 3.27. The van der Waals surface area contributed by atoms with Crippen LogP contribution >= 0.6 is 11.6 Å². The van der Waals surface area contributed by atoms with E-state index in [4.69, 9.17) is 17.3 Å². The minimum Gasteiger partial charge on any atom is -0.338 e. The highest BCUT2D eigenvalue weighted by Crippen LogP contribution is 2.33. The van der Waals surface area contributed by atoms with Crippen LogP contribution in [0.2, 0.25) is 5.02 Å². The van der Waals surface area contributed by atoms with Crippen LogP contribution in [0.4, 0.5) is 0 Å². The van der Waals surface area contributed by atoms with Gasteiger partial charge in [-0.25, -0.2) is 0 Å². The normalized spacial score (nSPS) is 21.1. The van der Waals surface area contributed by atoms with Crippen molar-refractivity contribution in [3.05, 3.63) is 64.9 Å². The molecular formula is C17H18ClN3O. The Kier molecular flexibility index (Phi) is 4.41. The lowest BCUT2D eigenvalue weighted by Gasteiger charge is -2.17. The summed E-state index contributed by atoms with van der Waals surface area (Å²) in [5.41, 5.74) is 7.65. The van der Waals surface area contributed by atoms with Crippen molar-refractivity contribution < 1.29 is 4.79 Å². The monoisotopic (exact) mass is 315 g/mol. The zero-order valence-corrected chi connectivity index (χ0v) is 12.9. The number of carbonyl (C=O) groups is 1. The van der Waals surface area contributed by atoms with Crippen molar-refractivity contribution in [2.45, 2.75) is 5.92 Å². The number of nitrogens with two attached hydrogens (primary N) is 1. The molecule has 2 atom stereocenters. The van der Waals surface area contributed by atoms with E-state index in [1.807, 2.05) is 23.1 Å². The van der Waals surface area contributed by atoms with Gasteiger partial charge >= 0.3 is 0 Å². The van der Waals surface area contributed by atoms with Crippen molar-refractivity contribution in [3.63, 3.8) is 0 Å². The van der Waals surface area contributed by atoms with Crippen LogP contribution in [0.3, 0.4) is 0 Å². The highest BCUT2D eigenvalue weighted by atomic mass is 35.5. The number of aromatic nitrogens is 1. The third-order valence-electron chi connectivity index (χ3n) is 4.26. The highest BCUT2D eigenvalue weighted by Gasteiger charge is 2.35. The first-order chi connectivity index (χ1) is 10.7. The first-order valence-corrected chi connectivity index (χ1v) is 7.72. The van der Waals surface area contributed by atoms with Gasteiger partial charge in [0.05, 0.1) is 10.6 Å². The number of amides is 1. The Balaban J connectivity index is 1.83. The summed E-state index contributed by atoms with van der Waals surface area (Å²) in [6, 6.07) is 11.9. The number of carbonyl (C=O) groups excluding carboxylic acids is 1. The van der Waals surface area contributed by atoms with Crippen molar-refractivity contribution in [1.82, 2.24) is 9.88 Å². The van der Waals surface area contributed by atoms with Crippen LogP contribution in [0.5, 0.6) is 0 Å². The summed E-state index contributed by atoms with van der Waals surface area (Å²) in [5.74, 6) is 0.493. The molecule has 22 heavy (non-hydrogen) atoms. The number of pyridine rings is 1. The second kappa shape index (κ2) is 6.46. The SMILES string of the molecule is NC[C@@H]1CN(C(=O)c2ccncc2Cl)C[C@H]1c1ccccc1. The third-order valence-corrected chi connectivity index (χ3v) is 4.56. The molecule has 4 nitrogen and oxygen atoms in total. The largest absolute Gasteiger partial charge is 0.338 e. The van der Waals surface area contributed by atoms with Crippen molar-refractivity contribution in [3.8, 4) is 0 Å². The first kappa shape index (κ1) is 15.0. The molecule has 3 rings (SSSR count). The third kappa shape index (κ3) is 2.85. The minimum absolute atomic E-state index is 0.0516. The maximum absolute atomic E-state index is 12.7. The Morgan fingerprint density at radius 2 is 2.05 bits per heavy atom. The molecule has 0 bridgehead atoms. The maximum atomic E-state index is 12.7. The van der Waals surface area contributed by atoms with Crippen molar-refractivity contribution in [2.24, 2.45) is 11.7 Å². The summed E-state index contributed by atoms with van der Waals surface area (Å²) in [6.07, 6.45) is 3.09. The average molecular weight is 316 g/mol. The van der Waals surface area contributed by atoms with E-state index < -0.39 is 0 Å². The molecule has 2 N–H and O–H groups in total. The number of halogens is 1. The van der Waals surface area contributed by atoms with Crippen LogP contribution in [0.25, 0.3) is 0 Å². The Morgan fingerprint density at radius 1 is 1.27 bits per heavy atom. The number of nitrogens with zero attached hydrogens (tertiary/aromatic N) is 2. The van der Waals surface area contributed by atoms with E-state index in [0.717, 1.165) is 0 Å². The molecule has 1 aliphatic heterocycles. The smallest absolute Gasteiger partial charge is 0.255 e. The summed E-state index contributed by atoms with van der Waals surface area (Å²) in [7, 11) is 0. The molecule has 0 unspecified atom stereocenters. The van der Waals surface area contributed by atoms with Gasteiger partial charge in [-0.1, -0.05) is 41.9 Å². The molecule has 1 aliphatic rings. The lowest BCUT2D eigenvalue weighted by molar-refractivity contribution is 0.0786. The van der Waals surface area contributed by atoms with Gasteiger partial charge in [-0.3, -0.25) is 9.78 Å². The van der Waals surface area contributed by atoms with Gasteiger partial charge in [0.2, 0.25) is 0 Å². The Labute approximate surface area is 134 Å². The van der Waals surface area contributed by atoms with E-state index in [-0.39, 0.29) is 17.7 Å². The standard InChI is InChI=1S/C17H18ClN3O/c18-16-9-20-7-6-14(16)17(22)21-10-13(8-19)15(11-21)12-4-2-1-3-5-12/h1-7,9,13,15H,8,10-11,19H2/t13-,15+/m1/s1. The topological polar surface area (TPSA) is 59.2 Å². The summed E-state index contributed by atoms with van der Waals surface area (Å²) < 4.78 is 0. The number of rotatable bonds is 3. The number of benzene rings is 1. The first-order valence-electron chi connectivity index (χ1n) is 7.34. The van der Waals surface area contributed by atoms with Crippen LogP contribution in [0, 0.1) is 5.92 Å². The fraction of sp³-hybridized carbons (Fsp3) is 0.294. The van der Waals surface area contributed by atoms with Crippen LogP contribution in [-0.4, -0.2) is 35.4 Å². The molecule has 1 saturated heterocycles. The quantitative estimate of drug-likeness (QED) is 0.947. The van der Waals surface area contributed by atoms with Crippen molar-refractivity contribution in [2.75, 3.05) is 19.6 Å². The van der Waals surface area contributed by atoms with E-state index in [2.05, 4.69) is 17.1 Å². The highest BCUT2D eigenvalue weighted by molar-refractivity contribution is 6.33. The van der Waals surface area contributed by atoms with Gasteiger partial charge in [-0.2, -0.15) is 0 Å². The molecule has 114 valence electrons. The summed E-state index contributed by atoms with van der Waals surface area (Å²) in [5, 5.41) is 0.389. The second-order valence-electron chi connectivity index (χ2n) is 5.58. The predicted octanol–water partition coefficient (Wildman–Crippen LogP) is 2.55. The maximum Gasteiger partial charge on any atom is 0.255 e. The number of hydrogen-bond donors (Lipinski definition) is 1. The summed E-state index contributed by atoms with van der Waals surface area (Å²) in [4.78, 5) is 18.4. The molecule has 0 aliphatic carbocycles. The van der Waals surface area contributed by atoms with Gasteiger partial charge in [0.25, 0.3) is 5.91 Å². The Hall–Kier alpha value is -1.91. The molecule has 5 heteroatoms. The van der Waals surface area contributed by atoms with Gasteiger partial charge in [-0.15, -0.1) is 0 Å². The molecule has 0 radical (unpaired) electrons. The molecule has 1 fully saturated rings. The van der Waals surface area contributed by atoms with E-state index >= 15 is 0 Å². The average Bonchev–Trinajstić information content (AvgIpc) is 3.00. The van der Waals surface area contributed by atoms with E-state index in [1.54, 1.807) is 12.3 Å². The van der Waals surface area contributed by atoms with E-state index in [1.165, 1.54) is 11.8 Å². The zero-order valence-electron chi connectivity index (χ0n) is 12.2. The number of likely N-dealkylation sites (tertiary alicyclic amines) is 1. The van der Waals surface area contributed by atoms with Gasteiger partial charge in [0.15, 0.2) is 0 Å². The Morgan fingerprint density at radius 3 is 2.73 bits per heavy atom. The lowest BCUT2D eigenvalue weighted by atomic mass is 9.89. The Bertz CT molecular complexity index is 662. The van der Waals surface area contributed by atoms with E-state index in [0.29, 0.717) is 30.2 Å². The van der Waals surface area contributed by atoms with Crippen molar-refractivity contribution in [1.29, 1.82) is 0 Å². The predicted molar refractivity (Wildman–Crippen MR) is 86.9 cm³/mol. The molecule has 2 aromatic rings. The van der Waals surface area contributed by atoms with Crippen LogP contribution < -0.4 is 5.73 Å². The van der Waals surface area contributed by atoms with Gasteiger partial charge < -0.3 is 10.6 Å². The fourth-order valence-electron chi connectivity index (χ4n) is 3.07. The minimum atomic E-state index is -0.0516. The second-order valence-corrected chi connectivity index (χ2v) is 5.99. The molecular weight excluding hydrogens is 298 g/mol. The van der Waals surface area contributed by atoms with Crippen LogP contribution in [0.1, 0.15) is 21.8 Å². The molecule has 1 aromatic heterocycles. The van der Waals surface area contributed by atoms with Crippen LogP contribution in [0.15, 0.2) is 48.8 Å². The summed E-state index contributed by atoms with van der Waals surface area (Å²) >= 11 is 6.09.